The van der Waals surface area contributed by atoms with Crippen molar-refractivity contribution in [2.24, 2.45) is 4.99 Å². The van der Waals surface area contributed by atoms with Crippen LogP contribution in [0.2, 0.25) is 0 Å². The minimum atomic E-state index is -0.126. The van der Waals surface area contributed by atoms with Gasteiger partial charge >= 0.3 is 18.6 Å². The first-order valence-electron chi connectivity index (χ1n) is 5.86. The molecule has 0 atom stereocenters. The van der Waals surface area contributed by atoms with Crippen LogP contribution in [0, 0.1) is 53.3 Å². The van der Waals surface area contributed by atoms with Crippen molar-refractivity contribution in [3.63, 3.8) is 0 Å². The third-order valence-corrected chi connectivity index (χ3v) is 2.66. The Hall–Kier alpha value is 0.0739. The summed E-state index contributed by atoms with van der Waals surface area (Å²) < 4.78 is 0. The maximum atomic E-state index is 11.3. The third kappa shape index (κ3) is 6.69. The van der Waals surface area contributed by atoms with Crippen LogP contribution in [-0.4, -0.2) is 24.2 Å². The number of nitrogens with zero attached hydrogens (tertiary/aromatic N) is 2. The van der Waals surface area contributed by atoms with Crippen LogP contribution < -0.4 is 0 Å². The topological polar surface area (TPSA) is 32.7 Å². The first-order chi connectivity index (χ1) is 8.60. The van der Waals surface area contributed by atoms with Crippen molar-refractivity contribution in [2.45, 2.75) is 20.8 Å². The maximum Gasteiger partial charge on any atom is 2.00 e. The van der Waals surface area contributed by atoms with Crippen LogP contribution in [0.3, 0.4) is 0 Å². The minimum absolute atomic E-state index is 0. The summed E-state index contributed by atoms with van der Waals surface area (Å²) >= 11 is 0. The SMILES string of the molecule is CC=C(C)c1ccccc1N=[C-]N(C)C(=O)[CH-]C.[V+2].[Yb]. The summed E-state index contributed by atoms with van der Waals surface area (Å²) in [5, 5.41) is 0. The largest absolute Gasteiger partial charge is 2.00 e. The predicted octanol–water partition coefficient (Wildman–Crippen LogP) is 3.33. The molecule has 5 heteroatoms. The molecule has 20 heavy (non-hydrogen) atoms. The second kappa shape index (κ2) is 11.7. The normalized spacial score (nSPS) is 10.5. The fourth-order valence-corrected chi connectivity index (χ4v) is 1.43. The number of hydrogen-bond acceptors (Lipinski definition) is 2. The number of amides is 1. The second-order valence-electron chi connectivity index (χ2n) is 3.89. The molecule has 0 bridgehead atoms. The average molecular weight is 466 g/mol. The molecule has 1 rings (SSSR count). The van der Waals surface area contributed by atoms with Crippen molar-refractivity contribution in [1.29, 1.82) is 0 Å². The summed E-state index contributed by atoms with van der Waals surface area (Å²) in [5.41, 5.74) is 3.00. The summed E-state index contributed by atoms with van der Waals surface area (Å²) in [6.07, 6.45) is 6.23. The van der Waals surface area contributed by atoms with E-state index in [1.807, 2.05) is 44.2 Å². The Kier molecular flexibility index (Phi) is 13.1. The Morgan fingerprint density at radius 3 is 2.55 bits per heavy atom. The van der Waals surface area contributed by atoms with Crippen molar-refractivity contribution in [1.82, 2.24) is 4.90 Å². The zero-order valence-corrected chi connectivity index (χ0v) is 15.1. The Labute approximate surface area is 172 Å². The molecule has 1 radical (unpaired) electrons. The van der Waals surface area contributed by atoms with E-state index in [-0.39, 0.29) is 71.4 Å². The molecule has 1 aromatic carbocycles. The van der Waals surface area contributed by atoms with Crippen molar-refractivity contribution < 1.29 is 70.3 Å². The van der Waals surface area contributed by atoms with Gasteiger partial charge < -0.3 is 21.1 Å². The zero-order valence-electron chi connectivity index (χ0n) is 12.0. The molecule has 0 saturated heterocycles. The number of benzene rings is 1. The molecule has 3 nitrogen and oxygen atoms in total. The van der Waals surface area contributed by atoms with Gasteiger partial charge in [-0.15, -0.1) is 0 Å². The van der Waals surface area contributed by atoms with Gasteiger partial charge in [0, 0.05) is 53.3 Å². The molecule has 0 aliphatic carbocycles. The molecule has 1 amide bonds. The van der Waals surface area contributed by atoms with Gasteiger partial charge in [-0.25, -0.2) is 0 Å². The van der Waals surface area contributed by atoms with Crippen molar-refractivity contribution in [2.75, 3.05) is 7.05 Å². The van der Waals surface area contributed by atoms with Gasteiger partial charge in [0.2, 0.25) is 0 Å². The van der Waals surface area contributed by atoms with Gasteiger partial charge in [0.15, 0.2) is 0 Å². The number of aliphatic imine (C=N–C) groups is 1. The summed E-state index contributed by atoms with van der Waals surface area (Å²) in [6, 6.07) is 7.80. The Morgan fingerprint density at radius 2 is 2.00 bits per heavy atom. The van der Waals surface area contributed by atoms with E-state index < -0.39 is 0 Å². The van der Waals surface area contributed by atoms with Gasteiger partial charge in [0.25, 0.3) is 0 Å². The molecule has 0 aliphatic heterocycles. The Balaban J connectivity index is 0. The fraction of sp³-hybridized carbons (Fsp3) is 0.267. The summed E-state index contributed by atoms with van der Waals surface area (Å²) in [7, 11) is 1.64. The van der Waals surface area contributed by atoms with Crippen LogP contribution in [0.1, 0.15) is 26.3 Å². The van der Waals surface area contributed by atoms with Gasteiger partial charge in [0.1, 0.15) is 0 Å². The predicted molar refractivity (Wildman–Crippen MR) is 75.6 cm³/mol. The maximum absolute atomic E-state index is 11.3. The van der Waals surface area contributed by atoms with Gasteiger partial charge in [-0.1, -0.05) is 41.5 Å². The van der Waals surface area contributed by atoms with Crippen LogP contribution in [0.25, 0.3) is 5.57 Å². The molecule has 0 saturated carbocycles. The number of carbonyl (C=O) groups excluding carboxylic acids is 1. The van der Waals surface area contributed by atoms with Gasteiger partial charge in [0.05, 0.1) is 0 Å². The minimum Gasteiger partial charge on any atom is -0.438 e. The first kappa shape index (κ1) is 22.4. The summed E-state index contributed by atoms with van der Waals surface area (Å²) in [4.78, 5) is 16.9. The molecule has 0 heterocycles. The molecule has 0 aromatic heterocycles. The van der Waals surface area contributed by atoms with Crippen molar-refractivity contribution in [3.8, 4) is 0 Å². The van der Waals surface area contributed by atoms with E-state index in [0.717, 1.165) is 16.8 Å². The van der Waals surface area contributed by atoms with E-state index in [0.29, 0.717) is 0 Å². The summed E-state index contributed by atoms with van der Waals surface area (Å²) in [6.45, 7) is 5.71. The smallest absolute Gasteiger partial charge is 0.438 e. The van der Waals surface area contributed by atoms with Crippen molar-refractivity contribution in [3.05, 3.63) is 42.3 Å². The van der Waals surface area contributed by atoms with Crippen molar-refractivity contribution >= 4 is 23.5 Å². The molecular weight excluding hydrogens is 448 g/mol. The monoisotopic (exact) mass is 467 g/mol. The summed E-state index contributed by atoms with van der Waals surface area (Å²) in [5.74, 6) is -0.126. The number of rotatable bonds is 4. The van der Waals surface area contributed by atoms with Crippen LogP contribution >= 0.6 is 0 Å². The van der Waals surface area contributed by atoms with Crippen LogP contribution in [-0.2, 0) is 23.4 Å². The standard InChI is InChI=1S/C15H18N2O.V.Yb/c1-5-12(3)13-9-7-8-10-14(13)16-11-17(4)15(18)6-2;;/h5-10H,1-4H3;;/q-2;+2;. The molecule has 0 spiro atoms. The molecule has 113 valence electrons. The van der Waals surface area contributed by atoms with Crippen LogP contribution in [0.5, 0.6) is 0 Å². The molecular formula is C15H18N2OVYb. The number of para-hydroxylation sites is 1. The third-order valence-electron chi connectivity index (χ3n) is 2.66. The molecule has 0 fully saturated rings. The molecule has 0 aliphatic rings. The van der Waals surface area contributed by atoms with Gasteiger partial charge in [-0.05, 0) is 32.5 Å². The first-order valence-corrected chi connectivity index (χ1v) is 5.86. The van der Waals surface area contributed by atoms with Gasteiger partial charge in [-0.3, -0.25) is 0 Å². The molecule has 0 N–H and O–H groups in total. The van der Waals surface area contributed by atoms with E-state index in [4.69, 9.17) is 0 Å². The number of carbonyl (C=O) groups is 1. The van der Waals surface area contributed by atoms with E-state index in [9.17, 15) is 4.79 Å². The average Bonchev–Trinajstić information content (AvgIpc) is 2.43. The zero-order chi connectivity index (χ0) is 13.5. The Bertz CT molecular complexity index is 487. The van der Waals surface area contributed by atoms with Crippen LogP contribution in [0.15, 0.2) is 35.3 Å². The molecule has 1 aromatic rings. The Morgan fingerprint density at radius 1 is 1.40 bits per heavy atom. The molecule has 0 unspecified atom stereocenters. The number of hydrogen-bond donors (Lipinski definition) is 0. The van der Waals surface area contributed by atoms with E-state index in [1.54, 1.807) is 14.0 Å². The van der Waals surface area contributed by atoms with E-state index >= 15 is 0 Å². The second-order valence-corrected chi connectivity index (χ2v) is 3.89. The van der Waals surface area contributed by atoms with E-state index in [2.05, 4.69) is 11.3 Å². The van der Waals surface area contributed by atoms with Crippen LogP contribution in [0.4, 0.5) is 5.69 Å². The van der Waals surface area contributed by atoms with E-state index in [1.165, 1.54) is 11.3 Å². The number of allylic oxidation sites excluding steroid dienone is 2. The van der Waals surface area contributed by atoms with Gasteiger partial charge in [-0.2, -0.15) is 6.92 Å². The fourth-order valence-electron chi connectivity index (χ4n) is 1.43. The quantitative estimate of drug-likeness (QED) is 0.290.